The molecule has 47 heavy (non-hydrogen) atoms. The summed E-state index contributed by atoms with van der Waals surface area (Å²) in [6.07, 6.45) is 10.4. The number of aliphatic hydroxyl groups is 1. The lowest BCUT2D eigenvalue weighted by Crippen LogP contribution is -2.51. The SMILES string of the molecule is CCC1C2CC3NC4C(CC(O)C4C3C)C3NC(C(c4ccncc4)C4NC(CC(N2)C1C)C(CC)C4C)[C@@H](C)[C@@H]3CCC(=O)OC. The van der Waals surface area contributed by atoms with E-state index in [2.05, 4.69) is 79.9 Å². The van der Waals surface area contributed by atoms with E-state index >= 15 is 0 Å². The fourth-order valence-corrected chi connectivity index (χ4v) is 12.8. The average Bonchev–Trinajstić information content (AvgIpc) is 3.83. The monoisotopic (exact) mass is 649 g/mol. The summed E-state index contributed by atoms with van der Waals surface area (Å²) >= 11 is 0. The van der Waals surface area contributed by atoms with E-state index in [4.69, 9.17) is 4.74 Å². The van der Waals surface area contributed by atoms with Crippen LogP contribution in [0.1, 0.15) is 98.0 Å². The molecular formula is C39H63N5O3. The zero-order valence-electron chi connectivity index (χ0n) is 29.9. The van der Waals surface area contributed by atoms with E-state index in [1.165, 1.54) is 31.9 Å². The number of hydrogen-bond donors (Lipinski definition) is 5. The molecule has 5 N–H and O–H groups in total. The lowest BCUT2D eigenvalue weighted by molar-refractivity contribution is -0.141. The van der Waals surface area contributed by atoms with E-state index in [0.717, 1.165) is 19.3 Å². The first-order valence-corrected chi connectivity index (χ1v) is 19.4. The number of pyridine rings is 1. The van der Waals surface area contributed by atoms with Crippen molar-refractivity contribution in [3.05, 3.63) is 30.1 Å². The van der Waals surface area contributed by atoms with E-state index in [0.29, 0.717) is 84.0 Å². The van der Waals surface area contributed by atoms with Crippen molar-refractivity contribution in [2.24, 2.45) is 53.3 Å². The van der Waals surface area contributed by atoms with Crippen molar-refractivity contribution in [2.75, 3.05) is 7.11 Å². The molecule has 1 aliphatic carbocycles. The number of methoxy groups -OCH3 is 1. The van der Waals surface area contributed by atoms with Gasteiger partial charge in [0.05, 0.1) is 13.2 Å². The van der Waals surface area contributed by atoms with E-state index < -0.39 is 0 Å². The molecule has 262 valence electrons. The molecule has 0 spiro atoms. The van der Waals surface area contributed by atoms with Gasteiger partial charge in [0.15, 0.2) is 0 Å². The Bertz CT molecular complexity index is 1230. The summed E-state index contributed by atoms with van der Waals surface area (Å²) in [5.74, 6) is 4.33. The molecule has 1 saturated carbocycles. The van der Waals surface area contributed by atoms with Crippen LogP contribution in [0.25, 0.3) is 0 Å². The molecule has 5 aliphatic heterocycles. The van der Waals surface area contributed by atoms with Crippen LogP contribution in [0, 0.1) is 53.3 Å². The van der Waals surface area contributed by atoms with Gasteiger partial charge in [0.1, 0.15) is 0 Å². The maximum absolute atomic E-state index is 12.5. The quantitative estimate of drug-likeness (QED) is 0.287. The van der Waals surface area contributed by atoms with Crippen molar-refractivity contribution >= 4 is 5.97 Å². The zero-order chi connectivity index (χ0) is 33.1. The van der Waals surface area contributed by atoms with Gasteiger partial charge in [-0.15, -0.1) is 0 Å². The fourth-order valence-electron chi connectivity index (χ4n) is 12.8. The highest BCUT2D eigenvalue weighted by atomic mass is 16.5. The zero-order valence-corrected chi connectivity index (χ0v) is 29.9. The van der Waals surface area contributed by atoms with Gasteiger partial charge in [-0.3, -0.25) is 9.78 Å². The standard InChI is InChI=1S/C39H63N5O3/c1-8-24-19(3)28-17-31-25(9-2)20(4)36(43-31)35(23-12-14-40-15-13-23)37-21(5)26(10-11-33(46)47-7)38(44-37)27-16-32(45)34-22(6)29(42-39(27)34)18-30(24)41-28/h12-15,19-22,24-32,34-39,41-45H,8-11,16-18H2,1-7H3/t19?,20?,21-,22?,24?,25?,26-,27?,28?,29?,30?,31?,32?,34?,35?,36?,37?,38?,39?/m0/s1. The summed E-state index contributed by atoms with van der Waals surface area (Å²) in [7, 11) is 1.51. The first-order valence-electron chi connectivity index (χ1n) is 19.4. The summed E-state index contributed by atoms with van der Waals surface area (Å²) in [4.78, 5) is 17.0. The number of ether oxygens (including phenoxy) is 1. The van der Waals surface area contributed by atoms with Crippen LogP contribution in [0.2, 0.25) is 0 Å². The summed E-state index contributed by atoms with van der Waals surface area (Å²) in [5.41, 5.74) is 1.35. The molecule has 8 bridgehead atoms. The summed E-state index contributed by atoms with van der Waals surface area (Å²) < 4.78 is 5.16. The first-order chi connectivity index (χ1) is 22.7. The molecule has 0 aromatic carbocycles. The molecule has 5 saturated heterocycles. The van der Waals surface area contributed by atoms with Crippen LogP contribution in [0.4, 0.5) is 0 Å². The third-order valence-corrected chi connectivity index (χ3v) is 15.2. The molecule has 19 atom stereocenters. The van der Waals surface area contributed by atoms with Crippen LogP contribution in [-0.2, 0) is 9.53 Å². The molecule has 1 aromatic heterocycles. The molecule has 0 radical (unpaired) electrons. The molecule has 1 aromatic rings. The van der Waals surface area contributed by atoms with Gasteiger partial charge in [0, 0.05) is 79.0 Å². The van der Waals surface area contributed by atoms with E-state index in [1.54, 1.807) is 0 Å². The molecule has 6 heterocycles. The van der Waals surface area contributed by atoms with E-state index in [9.17, 15) is 9.90 Å². The number of fused-ring (bicyclic) bond motifs is 8. The number of aliphatic hydroxyl groups excluding tert-OH is 1. The normalized spacial score (nSPS) is 50.6. The van der Waals surface area contributed by atoms with Gasteiger partial charge in [-0.2, -0.15) is 0 Å². The van der Waals surface area contributed by atoms with Crippen molar-refractivity contribution in [1.29, 1.82) is 0 Å². The minimum Gasteiger partial charge on any atom is -0.469 e. The minimum absolute atomic E-state index is 0.123. The number of carbonyl (C=O) groups excluding carboxylic acids is 1. The van der Waals surface area contributed by atoms with Crippen molar-refractivity contribution in [3.8, 4) is 0 Å². The number of hydrogen-bond acceptors (Lipinski definition) is 8. The Balaban J connectivity index is 1.32. The maximum atomic E-state index is 12.5. The Morgan fingerprint density at radius 3 is 2.04 bits per heavy atom. The maximum Gasteiger partial charge on any atom is 0.305 e. The third-order valence-electron chi connectivity index (χ3n) is 15.2. The van der Waals surface area contributed by atoms with Gasteiger partial charge in [0.2, 0.25) is 0 Å². The van der Waals surface area contributed by atoms with E-state index in [-0.39, 0.29) is 42.0 Å². The molecule has 6 aliphatic rings. The number of nitrogens with zero attached hydrogens (tertiary/aromatic N) is 1. The lowest BCUT2D eigenvalue weighted by Gasteiger charge is -2.36. The molecule has 17 unspecified atom stereocenters. The second-order valence-electron chi connectivity index (χ2n) is 16.9. The second-order valence-corrected chi connectivity index (χ2v) is 16.9. The van der Waals surface area contributed by atoms with Gasteiger partial charge in [-0.25, -0.2) is 0 Å². The molecule has 8 heteroatoms. The van der Waals surface area contributed by atoms with Crippen LogP contribution >= 0.6 is 0 Å². The number of carbonyl (C=O) groups is 1. The van der Waals surface area contributed by atoms with Crippen molar-refractivity contribution in [1.82, 2.24) is 26.3 Å². The van der Waals surface area contributed by atoms with Gasteiger partial charge in [-0.1, -0.05) is 54.4 Å². The third kappa shape index (κ3) is 5.80. The van der Waals surface area contributed by atoms with Crippen molar-refractivity contribution in [3.63, 3.8) is 0 Å². The van der Waals surface area contributed by atoms with Crippen molar-refractivity contribution < 1.29 is 14.6 Å². The Hall–Kier alpha value is -1.58. The smallest absolute Gasteiger partial charge is 0.305 e. The predicted octanol–water partition coefficient (Wildman–Crippen LogP) is 4.48. The fraction of sp³-hybridized carbons (Fsp3) is 0.846. The Morgan fingerprint density at radius 2 is 1.36 bits per heavy atom. The topological polar surface area (TPSA) is 108 Å². The highest BCUT2D eigenvalue weighted by molar-refractivity contribution is 5.69. The minimum atomic E-state index is -0.294. The second kappa shape index (κ2) is 13.6. The summed E-state index contributed by atoms with van der Waals surface area (Å²) in [6, 6.07) is 7.49. The van der Waals surface area contributed by atoms with Crippen LogP contribution in [0.3, 0.4) is 0 Å². The van der Waals surface area contributed by atoms with Crippen molar-refractivity contribution in [2.45, 2.75) is 147 Å². The highest BCUT2D eigenvalue weighted by Gasteiger charge is 2.59. The number of aromatic nitrogens is 1. The van der Waals surface area contributed by atoms with E-state index in [1.807, 2.05) is 12.4 Å². The van der Waals surface area contributed by atoms with Crippen LogP contribution in [0.5, 0.6) is 0 Å². The van der Waals surface area contributed by atoms with Crippen LogP contribution in [0.15, 0.2) is 24.5 Å². The Morgan fingerprint density at radius 1 is 0.766 bits per heavy atom. The molecule has 0 amide bonds. The van der Waals surface area contributed by atoms with Crippen LogP contribution in [-0.4, -0.2) is 77.6 Å². The van der Waals surface area contributed by atoms with Gasteiger partial charge < -0.3 is 31.1 Å². The lowest BCUT2D eigenvalue weighted by atomic mass is 9.71. The van der Waals surface area contributed by atoms with Gasteiger partial charge in [0.25, 0.3) is 0 Å². The number of esters is 1. The van der Waals surface area contributed by atoms with Gasteiger partial charge >= 0.3 is 5.97 Å². The Labute approximate surface area is 283 Å². The molecule has 6 fully saturated rings. The highest BCUT2D eigenvalue weighted by Crippen LogP contribution is 2.52. The summed E-state index contributed by atoms with van der Waals surface area (Å²) in [6.45, 7) is 14.6. The predicted molar refractivity (Wildman–Crippen MR) is 186 cm³/mol. The molecular weight excluding hydrogens is 586 g/mol. The summed E-state index contributed by atoms with van der Waals surface area (Å²) in [5, 5.41) is 28.8. The van der Waals surface area contributed by atoms with Crippen LogP contribution < -0.4 is 21.3 Å². The first kappa shape index (κ1) is 33.9. The van der Waals surface area contributed by atoms with Gasteiger partial charge in [-0.05, 0) is 90.7 Å². The number of rotatable bonds is 6. The largest absolute Gasteiger partial charge is 0.469 e. The molecule has 8 nitrogen and oxygen atoms in total. The average molecular weight is 650 g/mol. The molecule has 7 rings (SSSR count). The Kier molecular flexibility index (Phi) is 9.82. The number of nitrogens with one attached hydrogen (secondary N) is 4.